The van der Waals surface area contributed by atoms with Gasteiger partial charge in [-0.1, -0.05) is 10.4 Å². The van der Waals surface area contributed by atoms with Crippen molar-refractivity contribution in [2.24, 2.45) is 0 Å². The van der Waals surface area contributed by atoms with Crippen LogP contribution in [0.4, 0.5) is 5.88 Å². The minimum absolute atomic E-state index is 0.161. The first-order chi connectivity index (χ1) is 8.97. The summed E-state index contributed by atoms with van der Waals surface area (Å²) in [5.74, 6) is -1.38. The summed E-state index contributed by atoms with van der Waals surface area (Å²) in [4.78, 5) is 22.5. The van der Waals surface area contributed by atoms with Gasteiger partial charge in [0.1, 0.15) is 6.54 Å². The number of carbonyl (C=O) groups is 2. The number of aromatic carboxylic acids is 1. The summed E-state index contributed by atoms with van der Waals surface area (Å²) in [6.07, 6.45) is 0. The molecule has 0 saturated carbocycles. The smallest absolute Gasteiger partial charge is 0.358 e. The maximum absolute atomic E-state index is 11.7. The van der Waals surface area contributed by atoms with Gasteiger partial charge in [-0.25, -0.2) is 9.48 Å². The Kier molecular flexibility index (Phi) is 3.27. The van der Waals surface area contributed by atoms with E-state index < -0.39 is 11.9 Å². The number of anilines is 1. The van der Waals surface area contributed by atoms with E-state index in [-0.39, 0.29) is 18.1 Å². The van der Waals surface area contributed by atoms with Crippen molar-refractivity contribution in [2.45, 2.75) is 20.4 Å². The van der Waals surface area contributed by atoms with Crippen LogP contribution in [0.25, 0.3) is 0 Å². The van der Waals surface area contributed by atoms with E-state index in [0.29, 0.717) is 11.4 Å². The number of amides is 1. The highest BCUT2D eigenvalue weighted by Crippen LogP contribution is 2.09. The van der Waals surface area contributed by atoms with Gasteiger partial charge in [-0.05, 0) is 13.8 Å². The average molecular weight is 265 g/mol. The molecule has 0 saturated heterocycles. The molecule has 0 spiro atoms. The molecule has 9 heteroatoms. The largest absolute Gasteiger partial charge is 0.476 e. The predicted molar refractivity (Wildman–Crippen MR) is 61.6 cm³/mol. The normalized spacial score (nSPS) is 10.4. The Balaban J connectivity index is 2.05. The minimum Gasteiger partial charge on any atom is -0.476 e. The molecule has 0 atom stereocenters. The van der Waals surface area contributed by atoms with Gasteiger partial charge in [0.2, 0.25) is 11.8 Å². The molecule has 0 bridgehead atoms. The Hall–Kier alpha value is -2.71. The number of aromatic nitrogens is 4. The first-order valence-corrected chi connectivity index (χ1v) is 5.34. The van der Waals surface area contributed by atoms with Gasteiger partial charge in [-0.15, -0.1) is 5.10 Å². The van der Waals surface area contributed by atoms with Crippen molar-refractivity contribution in [2.75, 3.05) is 5.32 Å². The van der Waals surface area contributed by atoms with E-state index in [1.165, 1.54) is 11.6 Å². The number of hydrogen-bond donors (Lipinski definition) is 2. The van der Waals surface area contributed by atoms with E-state index in [2.05, 4.69) is 20.8 Å². The van der Waals surface area contributed by atoms with Crippen molar-refractivity contribution >= 4 is 17.8 Å². The molecule has 19 heavy (non-hydrogen) atoms. The molecule has 2 N–H and O–H groups in total. The number of aryl methyl sites for hydroxylation is 1. The number of carbonyl (C=O) groups excluding carboxylic acids is 1. The lowest BCUT2D eigenvalue weighted by atomic mass is 10.3. The molecular weight excluding hydrogens is 254 g/mol. The topological polar surface area (TPSA) is 123 Å². The molecule has 2 heterocycles. The van der Waals surface area contributed by atoms with Crippen LogP contribution in [0.15, 0.2) is 10.6 Å². The molecule has 0 fully saturated rings. The second-order valence-electron chi connectivity index (χ2n) is 3.87. The van der Waals surface area contributed by atoms with Crippen LogP contribution in [0.5, 0.6) is 0 Å². The Bertz CT molecular complexity index is 630. The van der Waals surface area contributed by atoms with Gasteiger partial charge in [0, 0.05) is 6.07 Å². The fourth-order valence-electron chi connectivity index (χ4n) is 1.44. The number of carboxylic acid groups (broad SMARTS) is 1. The molecule has 0 aromatic carbocycles. The first-order valence-electron chi connectivity index (χ1n) is 5.34. The van der Waals surface area contributed by atoms with Crippen molar-refractivity contribution in [3.8, 4) is 0 Å². The molecule has 0 aliphatic rings. The van der Waals surface area contributed by atoms with Crippen molar-refractivity contribution in [3.05, 3.63) is 23.1 Å². The molecular formula is C10H11N5O4. The zero-order valence-electron chi connectivity index (χ0n) is 10.2. The van der Waals surface area contributed by atoms with Crippen LogP contribution in [0.3, 0.4) is 0 Å². The molecule has 0 unspecified atom stereocenters. The SMILES string of the molecule is Cc1cc(NC(=O)Cn2nnc(C(=O)O)c2C)on1. The number of nitrogens with one attached hydrogen (secondary N) is 1. The third kappa shape index (κ3) is 2.76. The van der Waals surface area contributed by atoms with Gasteiger partial charge in [0.25, 0.3) is 0 Å². The van der Waals surface area contributed by atoms with E-state index in [0.717, 1.165) is 0 Å². The molecule has 0 aliphatic carbocycles. The number of hydrogen-bond acceptors (Lipinski definition) is 6. The highest BCUT2D eigenvalue weighted by atomic mass is 16.5. The van der Waals surface area contributed by atoms with E-state index >= 15 is 0 Å². The van der Waals surface area contributed by atoms with E-state index in [1.807, 2.05) is 0 Å². The van der Waals surface area contributed by atoms with Crippen LogP contribution in [0.1, 0.15) is 21.9 Å². The summed E-state index contributed by atoms with van der Waals surface area (Å²) in [7, 11) is 0. The Morgan fingerprint density at radius 2 is 2.21 bits per heavy atom. The lowest BCUT2D eigenvalue weighted by molar-refractivity contribution is -0.117. The van der Waals surface area contributed by atoms with Gasteiger partial charge in [0.05, 0.1) is 11.4 Å². The quantitative estimate of drug-likeness (QED) is 0.810. The zero-order valence-corrected chi connectivity index (χ0v) is 10.2. The molecule has 0 aliphatic heterocycles. The second-order valence-corrected chi connectivity index (χ2v) is 3.87. The lowest BCUT2D eigenvalue weighted by Gasteiger charge is -2.02. The fourth-order valence-corrected chi connectivity index (χ4v) is 1.44. The third-order valence-electron chi connectivity index (χ3n) is 2.37. The van der Waals surface area contributed by atoms with Crippen LogP contribution in [0, 0.1) is 13.8 Å². The van der Waals surface area contributed by atoms with Crippen molar-refractivity contribution in [3.63, 3.8) is 0 Å². The van der Waals surface area contributed by atoms with Gasteiger partial charge in [-0.3, -0.25) is 10.1 Å². The molecule has 9 nitrogen and oxygen atoms in total. The maximum Gasteiger partial charge on any atom is 0.358 e. The third-order valence-corrected chi connectivity index (χ3v) is 2.37. The van der Waals surface area contributed by atoms with E-state index in [4.69, 9.17) is 9.63 Å². The van der Waals surface area contributed by atoms with E-state index in [1.54, 1.807) is 13.0 Å². The highest BCUT2D eigenvalue weighted by molar-refractivity contribution is 5.89. The predicted octanol–water partition coefficient (Wildman–Crippen LogP) is 0.220. The second kappa shape index (κ2) is 4.88. The monoisotopic (exact) mass is 265 g/mol. The van der Waals surface area contributed by atoms with Crippen molar-refractivity contribution in [1.29, 1.82) is 0 Å². The summed E-state index contributed by atoms with van der Waals surface area (Å²) in [6.45, 7) is 3.08. The molecule has 100 valence electrons. The highest BCUT2D eigenvalue weighted by Gasteiger charge is 2.17. The summed E-state index contributed by atoms with van der Waals surface area (Å²) in [6, 6.07) is 1.56. The molecule has 2 aromatic heterocycles. The van der Waals surface area contributed by atoms with Gasteiger partial charge in [-0.2, -0.15) is 0 Å². The average Bonchev–Trinajstić information content (AvgIpc) is 2.87. The van der Waals surface area contributed by atoms with Crippen LogP contribution >= 0.6 is 0 Å². The minimum atomic E-state index is -1.19. The standard InChI is InChI=1S/C10H11N5O4/c1-5-3-8(19-13-5)11-7(16)4-15-6(2)9(10(17)18)12-14-15/h3H,4H2,1-2H3,(H,11,16)(H,17,18). The Labute approximate surface area is 107 Å². The Morgan fingerprint density at radius 3 is 2.74 bits per heavy atom. The van der Waals surface area contributed by atoms with Gasteiger partial charge < -0.3 is 9.63 Å². The molecule has 0 radical (unpaired) electrons. The maximum atomic E-state index is 11.7. The summed E-state index contributed by atoms with van der Waals surface area (Å²) >= 11 is 0. The van der Waals surface area contributed by atoms with Crippen LogP contribution < -0.4 is 5.32 Å². The molecule has 2 aromatic rings. The van der Waals surface area contributed by atoms with Crippen LogP contribution in [-0.4, -0.2) is 37.1 Å². The molecule has 2 rings (SSSR count). The number of rotatable bonds is 4. The summed E-state index contributed by atoms with van der Waals surface area (Å²) < 4.78 is 6.02. The van der Waals surface area contributed by atoms with Gasteiger partial charge in [0.15, 0.2) is 5.69 Å². The first kappa shape index (κ1) is 12.7. The summed E-state index contributed by atoms with van der Waals surface area (Å²) in [5, 5.41) is 22.0. The van der Waals surface area contributed by atoms with E-state index in [9.17, 15) is 9.59 Å². The summed E-state index contributed by atoms with van der Waals surface area (Å²) in [5.41, 5.74) is 0.764. The zero-order chi connectivity index (χ0) is 14.0. The van der Waals surface area contributed by atoms with Crippen molar-refractivity contribution < 1.29 is 19.2 Å². The lowest BCUT2D eigenvalue weighted by Crippen LogP contribution is -2.20. The Morgan fingerprint density at radius 1 is 1.47 bits per heavy atom. The van der Waals surface area contributed by atoms with Gasteiger partial charge >= 0.3 is 5.97 Å². The number of carboxylic acids is 1. The number of nitrogens with zero attached hydrogens (tertiary/aromatic N) is 4. The van der Waals surface area contributed by atoms with Crippen LogP contribution in [0.2, 0.25) is 0 Å². The van der Waals surface area contributed by atoms with Crippen LogP contribution in [-0.2, 0) is 11.3 Å². The fraction of sp³-hybridized carbons (Fsp3) is 0.300. The molecule has 1 amide bonds. The van der Waals surface area contributed by atoms with Crippen molar-refractivity contribution in [1.82, 2.24) is 20.2 Å².